The van der Waals surface area contributed by atoms with Crippen LogP contribution in [0.5, 0.6) is 0 Å². The number of pyridine rings is 1. The highest BCUT2D eigenvalue weighted by Crippen LogP contribution is 2.25. The first-order valence-electron chi connectivity index (χ1n) is 10.4. The number of nitrogens with one attached hydrogen (secondary N) is 1. The Morgan fingerprint density at radius 3 is 2.79 bits per heavy atom. The first-order chi connectivity index (χ1) is 14.1. The number of carbonyl (C=O) groups excluding carboxylic acids is 2. The summed E-state index contributed by atoms with van der Waals surface area (Å²) in [5.41, 5.74) is 2.38. The molecule has 0 aromatic carbocycles. The summed E-state index contributed by atoms with van der Waals surface area (Å²) < 4.78 is 0. The highest BCUT2D eigenvalue weighted by molar-refractivity contribution is 7.10. The normalized spacial score (nSPS) is 17.8. The van der Waals surface area contributed by atoms with Gasteiger partial charge in [-0.1, -0.05) is 6.07 Å². The lowest BCUT2D eigenvalue weighted by molar-refractivity contribution is -0.132. The number of nitrogens with zero attached hydrogens (tertiary/aromatic N) is 3. The molecular weight excluding hydrogens is 384 g/mol. The van der Waals surface area contributed by atoms with Gasteiger partial charge in [0.1, 0.15) is 5.82 Å². The van der Waals surface area contributed by atoms with Crippen molar-refractivity contribution in [1.29, 1.82) is 0 Å². The van der Waals surface area contributed by atoms with Crippen LogP contribution in [-0.4, -0.2) is 52.8 Å². The predicted octanol–water partition coefficient (Wildman–Crippen LogP) is 3.08. The molecule has 1 N–H and O–H groups in total. The van der Waals surface area contributed by atoms with Crippen LogP contribution < -0.4 is 5.32 Å². The molecule has 2 aliphatic heterocycles. The van der Waals surface area contributed by atoms with Crippen LogP contribution in [0, 0.1) is 12.8 Å². The van der Waals surface area contributed by atoms with Gasteiger partial charge in [0.05, 0.1) is 0 Å². The summed E-state index contributed by atoms with van der Waals surface area (Å²) in [6, 6.07) is 5.93. The van der Waals surface area contributed by atoms with Crippen molar-refractivity contribution in [2.75, 3.05) is 31.5 Å². The van der Waals surface area contributed by atoms with Crippen molar-refractivity contribution >= 4 is 29.0 Å². The summed E-state index contributed by atoms with van der Waals surface area (Å²) in [7, 11) is 0. The molecular formula is C22H28N4O2S. The van der Waals surface area contributed by atoms with Crippen molar-refractivity contribution in [2.45, 2.75) is 39.2 Å². The number of rotatable bonds is 5. The number of piperidine rings is 1. The Labute approximate surface area is 175 Å². The van der Waals surface area contributed by atoms with E-state index in [1.807, 2.05) is 24.0 Å². The first-order valence-corrected chi connectivity index (χ1v) is 11.3. The number of hydrogen-bond acceptors (Lipinski definition) is 5. The molecule has 154 valence electrons. The molecule has 4 heterocycles. The third kappa shape index (κ3) is 5.03. The van der Waals surface area contributed by atoms with E-state index in [0.29, 0.717) is 12.2 Å². The zero-order valence-corrected chi connectivity index (χ0v) is 17.7. The van der Waals surface area contributed by atoms with Crippen molar-refractivity contribution in [1.82, 2.24) is 14.8 Å². The molecule has 0 atom stereocenters. The summed E-state index contributed by atoms with van der Waals surface area (Å²) >= 11 is 1.80. The number of likely N-dealkylation sites (tertiary alicyclic amines) is 1. The Kier molecular flexibility index (Phi) is 6.25. The van der Waals surface area contributed by atoms with E-state index in [-0.39, 0.29) is 17.7 Å². The zero-order chi connectivity index (χ0) is 20.2. The summed E-state index contributed by atoms with van der Waals surface area (Å²) in [6.07, 6.45) is 4.96. The van der Waals surface area contributed by atoms with E-state index in [1.54, 1.807) is 17.5 Å². The fourth-order valence-corrected chi connectivity index (χ4v) is 4.95. The van der Waals surface area contributed by atoms with Crippen LogP contribution in [0.2, 0.25) is 0 Å². The molecule has 1 saturated heterocycles. The first kappa shape index (κ1) is 20.0. The van der Waals surface area contributed by atoms with Gasteiger partial charge < -0.3 is 15.1 Å². The van der Waals surface area contributed by atoms with Crippen molar-refractivity contribution in [3.8, 4) is 0 Å². The quantitative estimate of drug-likeness (QED) is 0.820. The maximum absolute atomic E-state index is 12.6. The second kappa shape index (κ2) is 9.05. The molecule has 0 radical (unpaired) electrons. The second-order valence-corrected chi connectivity index (χ2v) is 9.01. The Balaban J connectivity index is 1.18. The van der Waals surface area contributed by atoms with E-state index in [4.69, 9.17) is 0 Å². The Morgan fingerprint density at radius 1 is 1.21 bits per heavy atom. The maximum Gasteiger partial charge on any atom is 0.228 e. The van der Waals surface area contributed by atoms with Crippen LogP contribution in [0.15, 0.2) is 29.8 Å². The number of anilines is 1. The topological polar surface area (TPSA) is 65.5 Å². The Bertz CT molecular complexity index is 856. The number of aryl methyl sites for hydroxylation is 1. The lowest BCUT2D eigenvalue weighted by Gasteiger charge is -2.32. The van der Waals surface area contributed by atoms with Crippen molar-refractivity contribution in [3.63, 3.8) is 0 Å². The number of thiophene rings is 1. The van der Waals surface area contributed by atoms with Gasteiger partial charge in [0, 0.05) is 43.0 Å². The second-order valence-electron chi connectivity index (χ2n) is 8.01. The standard InChI is InChI=1S/C22H28N4O2S/c1-16-2-3-20(23-14-16)24-22(28)17-4-9-25(10-5-17)11-7-21(27)26-12-6-19-18(15-26)8-13-29-19/h2-3,8,13-14,17H,4-7,9-12,15H2,1H3,(H,23,24,28). The fraction of sp³-hybridized carbons (Fsp3) is 0.500. The van der Waals surface area contributed by atoms with E-state index >= 15 is 0 Å². The van der Waals surface area contributed by atoms with E-state index in [1.165, 1.54) is 10.4 Å². The van der Waals surface area contributed by atoms with Crippen molar-refractivity contribution < 1.29 is 9.59 Å². The van der Waals surface area contributed by atoms with Gasteiger partial charge in [-0.05, 0) is 67.9 Å². The third-order valence-electron chi connectivity index (χ3n) is 5.92. The van der Waals surface area contributed by atoms with E-state index in [0.717, 1.165) is 57.5 Å². The van der Waals surface area contributed by atoms with Gasteiger partial charge in [0.2, 0.25) is 11.8 Å². The van der Waals surface area contributed by atoms with Gasteiger partial charge in [-0.3, -0.25) is 9.59 Å². The van der Waals surface area contributed by atoms with Gasteiger partial charge in [-0.2, -0.15) is 0 Å². The average molecular weight is 413 g/mol. The summed E-state index contributed by atoms with van der Waals surface area (Å²) in [5, 5.41) is 5.04. The van der Waals surface area contributed by atoms with Gasteiger partial charge in [-0.15, -0.1) is 11.3 Å². The van der Waals surface area contributed by atoms with Gasteiger partial charge in [0.15, 0.2) is 0 Å². The molecule has 0 aliphatic carbocycles. The molecule has 7 heteroatoms. The molecule has 2 amide bonds. The van der Waals surface area contributed by atoms with E-state index in [9.17, 15) is 9.59 Å². The van der Waals surface area contributed by atoms with E-state index in [2.05, 4.69) is 26.6 Å². The van der Waals surface area contributed by atoms with Crippen LogP contribution in [-0.2, 0) is 22.6 Å². The Morgan fingerprint density at radius 2 is 2.03 bits per heavy atom. The number of amides is 2. The number of fused-ring (bicyclic) bond motifs is 1. The molecule has 4 rings (SSSR count). The fourth-order valence-electron chi connectivity index (χ4n) is 4.06. The molecule has 2 aliphatic rings. The molecule has 0 spiro atoms. The average Bonchev–Trinajstić information content (AvgIpc) is 3.22. The van der Waals surface area contributed by atoms with Gasteiger partial charge in [-0.25, -0.2) is 4.98 Å². The largest absolute Gasteiger partial charge is 0.338 e. The molecule has 0 bridgehead atoms. The molecule has 29 heavy (non-hydrogen) atoms. The molecule has 2 aromatic heterocycles. The van der Waals surface area contributed by atoms with Gasteiger partial charge >= 0.3 is 0 Å². The summed E-state index contributed by atoms with van der Waals surface area (Å²) in [6.45, 7) is 6.07. The number of aromatic nitrogens is 1. The van der Waals surface area contributed by atoms with Crippen LogP contribution in [0.25, 0.3) is 0 Å². The minimum Gasteiger partial charge on any atom is -0.338 e. The maximum atomic E-state index is 12.6. The third-order valence-corrected chi connectivity index (χ3v) is 6.95. The Hall–Kier alpha value is -2.25. The SMILES string of the molecule is Cc1ccc(NC(=O)C2CCN(CCC(=O)N3CCc4sccc4C3)CC2)nc1. The van der Waals surface area contributed by atoms with Crippen LogP contribution in [0.4, 0.5) is 5.82 Å². The number of carbonyl (C=O) groups is 2. The highest BCUT2D eigenvalue weighted by Gasteiger charge is 2.26. The molecule has 1 fully saturated rings. The van der Waals surface area contributed by atoms with Crippen molar-refractivity contribution in [2.24, 2.45) is 5.92 Å². The predicted molar refractivity (Wildman–Crippen MR) is 115 cm³/mol. The minimum absolute atomic E-state index is 0.0177. The summed E-state index contributed by atoms with van der Waals surface area (Å²) in [4.78, 5) is 35.1. The molecule has 0 unspecified atom stereocenters. The molecule has 0 saturated carbocycles. The van der Waals surface area contributed by atoms with Crippen LogP contribution in [0.1, 0.15) is 35.3 Å². The summed E-state index contributed by atoms with van der Waals surface area (Å²) in [5.74, 6) is 0.928. The minimum atomic E-state index is 0.0177. The van der Waals surface area contributed by atoms with Gasteiger partial charge in [0.25, 0.3) is 0 Å². The highest BCUT2D eigenvalue weighted by atomic mass is 32.1. The number of hydrogen-bond donors (Lipinski definition) is 1. The van der Waals surface area contributed by atoms with Crippen LogP contribution in [0.3, 0.4) is 0 Å². The van der Waals surface area contributed by atoms with Crippen molar-refractivity contribution in [3.05, 3.63) is 45.8 Å². The zero-order valence-electron chi connectivity index (χ0n) is 16.9. The molecule has 2 aromatic rings. The molecule has 6 nitrogen and oxygen atoms in total. The van der Waals surface area contributed by atoms with E-state index < -0.39 is 0 Å². The monoisotopic (exact) mass is 412 g/mol. The lowest BCUT2D eigenvalue weighted by atomic mass is 9.95. The lowest BCUT2D eigenvalue weighted by Crippen LogP contribution is -2.41. The smallest absolute Gasteiger partial charge is 0.228 e. The van der Waals surface area contributed by atoms with Crippen LogP contribution >= 0.6 is 11.3 Å².